The molecule has 0 aliphatic carbocycles. The second kappa shape index (κ2) is 4.19. The van der Waals surface area contributed by atoms with E-state index in [1.165, 1.54) is 6.39 Å². The predicted octanol–water partition coefficient (Wildman–Crippen LogP) is 0.948. The van der Waals surface area contributed by atoms with Crippen LogP contribution in [0.3, 0.4) is 0 Å². The molecule has 0 spiro atoms. The predicted molar refractivity (Wildman–Crippen MR) is 50.6 cm³/mol. The van der Waals surface area contributed by atoms with Crippen LogP contribution in [0.5, 0.6) is 0 Å². The van der Waals surface area contributed by atoms with Crippen molar-refractivity contribution in [2.24, 2.45) is 0 Å². The van der Waals surface area contributed by atoms with Gasteiger partial charge in [-0.05, 0) is 12.1 Å². The summed E-state index contributed by atoms with van der Waals surface area (Å²) in [6.07, 6.45) is 2.82. The van der Waals surface area contributed by atoms with Crippen LogP contribution in [0, 0.1) is 11.3 Å². The van der Waals surface area contributed by atoms with E-state index in [1.54, 1.807) is 18.3 Å². The maximum atomic E-state index is 8.77. The van der Waals surface area contributed by atoms with E-state index < -0.39 is 0 Å². The largest absolute Gasteiger partial charge is 0.375 e. The smallest absolute Gasteiger partial charge is 0.213 e. The molecule has 15 heavy (non-hydrogen) atoms. The third kappa shape index (κ3) is 2.08. The van der Waals surface area contributed by atoms with Crippen molar-refractivity contribution in [3.05, 3.63) is 36.2 Å². The van der Waals surface area contributed by atoms with Gasteiger partial charge in [0, 0.05) is 6.20 Å². The molecule has 0 saturated heterocycles. The topological polar surface area (TPSA) is 87.6 Å². The Balaban J connectivity index is 2.08. The van der Waals surface area contributed by atoms with Crippen LogP contribution in [-0.2, 0) is 6.54 Å². The first-order valence-electron chi connectivity index (χ1n) is 4.24. The van der Waals surface area contributed by atoms with Crippen molar-refractivity contribution in [1.29, 1.82) is 5.26 Å². The van der Waals surface area contributed by atoms with E-state index in [9.17, 15) is 0 Å². The average molecular weight is 201 g/mol. The van der Waals surface area contributed by atoms with Crippen molar-refractivity contribution in [2.75, 3.05) is 5.32 Å². The summed E-state index contributed by atoms with van der Waals surface area (Å²) in [6, 6.07) is 5.51. The number of hydrogen-bond donors (Lipinski definition) is 1. The number of anilines is 1. The number of nitrogens with zero attached hydrogens (tertiary/aromatic N) is 4. The van der Waals surface area contributed by atoms with Crippen LogP contribution in [0.15, 0.2) is 29.2 Å². The third-order valence-electron chi connectivity index (χ3n) is 1.76. The minimum atomic E-state index is 0.348. The normalized spacial score (nSPS) is 9.53. The molecule has 2 aromatic heterocycles. The van der Waals surface area contributed by atoms with Crippen molar-refractivity contribution >= 4 is 5.69 Å². The summed E-state index contributed by atoms with van der Waals surface area (Å²) in [5.41, 5.74) is 1.01. The maximum absolute atomic E-state index is 8.77. The molecule has 0 fully saturated rings. The Morgan fingerprint density at radius 1 is 1.47 bits per heavy atom. The van der Waals surface area contributed by atoms with Crippen LogP contribution in [-0.4, -0.2) is 15.1 Å². The molecule has 1 N–H and O–H groups in total. The van der Waals surface area contributed by atoms with E-state index in [2.05, 4.69) is 25.0 Å². The number of nitrogens with one attached hydrogen (secondary N) is 1. The zero-order valence-corrected chi connectivity index (χ0v) is 7.71. The highest BCUT2D eigenvalue weighted by Crippen LogP contribution is 2.11. The lowest BCUT2D eigenvalue weighted by molar-refractivity contribution is 0.411. The summed E-state index contributed by atoms with van der Waals surface area (Å²) in [5, 5.41) is 15.4. The Kier molecular flexibility index (Phi) is 2.56. The highest BCUT2D eigenvalue weighted by Gasteiger charge is 2.03. The monoisotopic (exact) mass is 201 g/mol. The number of pyridine rings is 1. The second-order valence-corrected chi connectivity index (χ2v) is 2.71. The molecular weight excluding hydrogens is 194 g/mol. The fourth-order valence-corrected chi connectivity index (χ4v) is 1.08. The highest BCUT2D eigenvalue weighted by atomic mass is 16.5. The third-order valence-corrected chi connectivity index (χ3v) is 1.76. The first kappa shape index (κ1) is 9.15. The van der Waals surface area contributed by atoms with Gasteiger partial charge in [0.2, 0.25) is 6.39 Å². The number of aromatic nitrogens is 3. The lowest BCUT2D eigenvalue weighted by Gasteiger charge is -2.03. The first-order valence-corrected chi connectivity index (χ1v) is 4.24. The summed E-state index contributed by atoms with van der Waals surface area (Å²) >= 11 is 0. The molecule has 0 bridgehead atoms. The van der Waals surface area contributed by atoms with Gasteiger partial charge in [0.1, 0.15) is 6.07 Å². The minimum absolute atomic E-state index is 0.348. The van der Waals surface area contributed by atoms with Gasteiger partial charge in [0.05, 0.1) is 12.2 Å². The van der Waals surface area contributed by atoms with Crippen molar-refractivity contribution in [3.63, 3.8) is 0 Å². The Morgan fingerprint density at radius 2 is 2.40 bits per heavy atom. The number of rotatable bonds is 3. The lowest BCUT2D eigenvalue weighted by atomic mass is 10.3. The van der Waals surface area contributed by atoms with Crippen LogP contribution in [0.25, 0.3) is 0 Å². The van der Waals surface area contributed by atoms with Gasteiger partial charge in [0.25, 0.3) is 0 Å². The highest BCUT2D eigenvalue weighted by molar-refractivity contribution is 5.53. The fourth-order valence-electron chi connectivity index (χ4n) is 1.08. The van der Waals surface area contributed by atoms with Gasteiger partial charge in [-0.3, -0.25) is 0 Å². The number of nitriles is 1. The minimum Gasteiger partial charge on any atom is -0.375 e. The molecule has 2 aromatic rings. The van der Waals surface area contributed by atoms with E-state index in [1.807, 2.05) is 6.07 Å². The van der Waals surface area contributed by atoms with E-state index in [0.717, 1.165) is 0 Å². The molecular formula is C9H7N5O. The Labute approximate surface area is 85.6 Å². The van der Waals surface area contributed by atoms with Crippen LogP contribution in [0.2, 0.25) is 0 Å². The maximum Gasteiger partial charge on any atom is 0.213 e. The quantitative estimate of drug-likeness (QED) is 0.795. The molecule has 0 aromatic carbocycles. The fraction of sp³-hybridized carbons (Fsp3) is 0.111. The second-order valence-electron chi connectivity index (χ2n) is 2.71. The molecule has 74 valence electrons. The van der Waals surface area contributed by atoms with Gasteiger partial charge >= 0.3 is 0 Å². The van der Waals surface area contributed by atoms with E-state index in [4.69, 9.17) is 5.26 Å². The van der Waals surface area contributed by atoms with E-state index >= 15 is 0 Å². The van der Waals surface area contributed by atoms with Gasteiger partial charge in [-0.2, -0.15) is 10.2 Å². The summed E-state index contributed by atoms with van der Waals surface area (Å²) in [7, 11) is 0. The molecule has 0 aliphatic rings. The number of hydrogen-bond acceptors (Lipinski definition) is 6. The van der Waals surface area contributed by atoms with E-state index in [-0.39, 0.29) is 0 Å². The van der Waals surface area contributed by atoms with Crippen LogP contribution in [0.1, 0.15) is 11.5 Å². The van der Waals surface area contributed by atoms with Crippen molar-refractivity contribution in [1.82, 2.24) is 15.1 Å². The summed E-state index contributed by atoms with van der Waals surface area (Å²) in [4.78, 5) is 7.75. The summed E-state index contributed by atoms with van der Waals surface area (Å²) in [5.74, 6) is 0.530. The molecule has 2 heterocycles. The first-order chi connectivity index (χ1) is 7.40. The lowest BCUT2D eigenvalue weighted by Crippen LogP contribution is -2.03. The van der Waals surface area contributed by atoms with E-state index in [0.29, 0.717) is 23.8 Å². The molecule has 0 saturated carbocycles. The Morgan fingerprint density at radius 3 is 3.13 bits per heavy atom. The molecule has 0 aliphatic heterocycles. The van der Waals surface area contributed by atoms with Gasteiger partial charge in [0.15, 0.2) is 11.5 Å². The molecule has 0 amide bonds. The summed E-state index contributed by atoms with van der Waals surface area (Å²) < 4.78 is 4.58. The molecule has 6 nitrogen and oxygen atoms in total. The standard InChI is InChI=1S/C9H7N5O/c10-4-8-7(2-1-3-11-8)12-5-9-13-6-15-14-9/h1-3,6,12H,5H2. The molecule has 6 heteroatoms. The SMILES string of the molecule is N#Cc1ncccc1NCc1ncon1. The van der Waals surface area contributed by atoms with Crippen molar-refractivity contribution in [2.45, 2.75) is 6.54 Å². The average Bonchev–Trinajstić information content (AvgIpc) is 2.79. The van der Waals surface area contributed by atoms with Crippen LogP contribution >= 0.6 is 0 Å². The van der Waals surface area contributed by atoms with Gasteiger partial charge in [-0.1, -0.05) is 5.16 Å². The Bertz CT molecular complexity index is 473. The van der Waals surface area contributed by atoms with Gasteiger partial charge in [-0.25, -0.2) is 4.98 Å². The zero-order valence-electron chi connectivity index (χ0n) is 7.71. The molecule has 0 atom stereocenters. The van der Waals surface area contributed by atoms with Crippen LogP contribution in [0.4, 0.5) is 5.69 Å². The molecule has 0 radical (unpaired) electrons. The van der Waals surface area contributed by atoms with Crippen LogP contribution < -0.4 is 5.32 Å². The summed E-state index contributed by atoms with van der Waals surface area (Å²) in [6.45, 7) is 0.400. The zero-order chi connectivity index (χ0) is 10.5. The van der Waals surface area contributed by atoms with Crippen molar-refractivity contribution in [3.8, 4) is 6.07 Å². The van der Waals surface area contributed by atoms with Gasteiger partial charge < -0.3 is 9.84 Å². The molecule has 2 rings (SSSR count). The van der Waals surface area contributed by atoms with Crippen molar-refractivity contribution < 1.29 is 4.52 Å². The van der Waals surface area contributed by atoms with Gasteiger partial charge in [-0.15, -0.1) is 0 Å². The Hall–Kier alpha value is -2.42. The molecule has 0 unspecified atom stereocenters.